The van der Waals surface area contributed by atoms with Gasteiger partial charge in [0.25, 0.3) is 0 Å². The van der Waals surface area contributed by atoms with Crippen LogP contribution in [-0.2, 0) is 9.63 Å². The number of aliphatic hydroxyl groups excluding tert-OH is 2. The zero-order valence-corrected chi connectivity index (χ0v) is 16.3. The maximum absolute atomic E-state index is 11.4. The Hall–Kier alpha value is -2.74. The first-order valence-corrected chi connectivity index (χ1v) is 9.68. The minimum absolute atomic E-state index is 0.0492. The highest BCUT2D eigenvalue weighted by Crippen LogP contribution is 2.26. The topological polar surface area (TPSA) is 111 Å². The molecule has 1 amide bonds. The van der Waals surface area contributed by atoms with Crippen LogP contribution >= 0.6 is 0 Å². The molecular formula is C22H26N2O5. The van der Waals surface area contributed by atoms with Gasteiger partial charge in [-0.1, -0.05) is 60.6 Å². The summed E-state index contributed by atoms with van der Waals surface area (Å²) in [4.78, 5) is 16.9. The van der Waals surface area contributed by atoms with Gasteiger partial charge in [0.1, 0.15) is 6.10 Å². The van der Waals surface area contributed by atoms with E-state index >= 15 is 0 Å². The van der Waals surface area contributed by atoms with Crippen LogP contribution in [0.1, 0.15) is 43.4 Å². The lowest BCUT2D eigenvalue weighted by molar-refractivity contribution is -0.134. The molecule has 1 aliphatic heterocycles. The summed E-state index contributed by atoms with van der Waals surface area (Å²) in [5, 5.41) is 31.7. The van der Waals surface area contributed by atoms with Gasteiger partial charge in [-0.05, 0) is 28.7 Å². The maximum Gasteiger partial charge on any atom is 0.246 e. The van der Waals surface area contributed by atoms with Gasteiger partial charge in [-0.3, -0.25) is 10.0 Å². The second-order valence-corrected chi connectivity index (χ2v) is 7.31. The van der Waals surface area contributed by atoms with E-state index in [4.69, 9.17) is 15.2 Å². The molecule has 3 rings (SSSR count). The van der Waals surface area contributed by atoms with E-state index in [0.29, 0.717) is 19.3 Å². The molecule has 154 valence electrons. The Kier molecular flexibility index (Phi) is 6.98. The Morgan fingerprint density at radius 2 is 1.72 bits per heavy atom. The number of oxime groups is 1. The maximum atomic E-state index is 11.4. The average molecular weight is 398 g/mol. The highest BCUT2D eigenvalue weighted by molar-refractivity contribution is 6.01. The summed E-state index contributed by atoms with van der Waals surface area (Å²) in [6, 6.07) is 15.6. The van der Waals surface area contributed by atoms with E-state index in [-0.39, 0.29) is 18.6 Å². The first-order chi connectivity index (χ1) is 14.0. The third-order valence-corrected chi connectivity index (χ3v) is 5.16. The Morgan fingerprint density at radius 1 is 1.14 bits per heavy atom. The molecule has 7 heteroatoms. The molecule has 29 heavy (non-hydrogen) atoms. The van der Waals surface area contributed by atoms with Gasteiger partial charge in [-0.15, -0.1) is 0 Å². The number of amides is 1. The number of rotatable bonds is 8. The average Bonchev–Trinajstić information content (AvgIpc) is 3.22. The molecule has 2 aromatic rings. The molecule has 0 saturated carbocycles. The van der Waals surface area contributed by atoms with Crippen molar-refractivity contribution in [2.75, 3.05) is 6.61 Å². The van der Waals surface area contributed by atoms with Crippen LogP contribution in [0.5, 0.6) is 0 Å². The molecule has 1 aliphatic rings. The van der Waals surface area contributed by atoms with Crippen LogP contribution in [-0.4, -0.2) is 39.8 Å². The number of hydrogen-bond donors (Lipinski definition) is 4. The lowest BCUT2D eigenvalue weighted by atomic mass is 9.96. The highest BCUT2D eigenvalue weighted by Gasteiger charge is 2.26. The van der Waals surface area contributed by atoms with Gasteiger partial charge in [0.05, 0.1) is 11.8 Å². The highest BCUT2D eigenvalue weighted by atomic mass is 16.6. The van der Waals surface area contributed by atoms with Crippen molar-refractivity contribution in [2.24, 2.45) is 11.1 Å². The Morgan fingerprint density at radius 3 is 2.31 bits per heavy atom. The number of benzene rings is 2. The number of nitrogens with zero attached hydrogens (tertiary/aromatic N) is 1. The molecule has 0 bridgehead atoms. The molecule has 0 saturated heterocycles. The monoisotopic (exact) mass is 398 g/mol. The fraction of sp³-hybridized carbons (Fsp3) is 0.364. The Bertz CT molecular complexity index is 849. The van der Waals surface area contributed by atoms with Crippen LogP contribution in [0, 0.1) is 5.92 Å². The van der Waals surface area contributed by atoms with Crippen LogP contribution in [0.3, 0.4) is 0 Å². The first-order valence-electron chi connectivity index (χ1n) is 9.68. The summed E-state index contributed by atoms with van der Waals surface area (Å²) in [7, 11) is 0. The second-order valence-electron chi connectivity index (χ2n) is 7.31. The smallest absolute Gasteiger partial charge is 0.246 e. The van der Waals surface area contributed by atoms with E-state index in [1.165, 1.54) is 0 Å². The minimum atomic E-state index is -0.657. The molecule has 1 heterocycles. The lowest BCUT2D eigenvalue weighted by Gasteiger charge is -2.13. The van der Waals surface area contributed by atoms with Crippen LogP contribution in [0.25, 0.3) is 11.1 Å². The van der Waals surface area contributed by atoms with Crippen LogP contribution in [0.2, 0.25) is 0 Å². The zero-order valence-electron chi connectivity index (χ0n) is 16.3. The number of nitrogens with one attached hydrogen (secondary N) is 1. The molecule has 0 fully saturated rings. The standard InChI is InChI=1S/C22H26N2O5/c1-14(22(27)23-28)12-19-13-20(24-29-19)17-6-2-15(3-7-17)16-4-8-18(9-5-16)21(26)10-11-25/h2-9,14,19,21,25-26,28H,10-13H2,1H3,(H,23,27)/t14-,19-,21?/m0/s1. The van der Waals surface area contributed by atoms with Crippen molar-refractivity contribution in [3.63, 3.8) is 0 Å². The van der Waals surface area contributed by atoms with Crippen molar-refractivity contribution in [1.29, 1.82) is 0 Å². The van der Waals surface area contributed by atoms with E-state index in [9.17, 15) is 9.90 Å². The van der Waals surface area contributed by atoms with Crippen molar-refractivity contribution in [3.8, 4) is 11.1 Å². The summed E-state index contributed by atoms with van der Waals surface area (Å²) >= 11 is 0. The van der Waals surface area contributed by atoms with Crippen molar-refractivity contribution < 1.29 is 25.1 Å². The van der Waals surface area contributed by atoms with E-state index in [0.717, 1.165) is 28.0 Å². The van der Waals surface area contributed by atoms with Gasteiger partial charge < -0.3 is 15.1 Å². The van der Waals surface area contributed by atoms with Crippen molar-refractivity contribution in [2.45, 2.75) is 38.4 Å². The van der Waals surface area contributed by atoms with Crippen molar-refractivity contribution >= 4 is 11.6 Å². The van der Waals surface area contributed by atoms with E-state index in [1.807, 2.05) is 48.5 Å². The van der Waals surface area contributed by atoms with Gasteiger partial charge in [0, 0.05) is 25.4 Å². The van der Waals surface area contributed by atoms with Crippen molar-refractivity contribution in [1.82, 2.24) is 5.48 Å². The molecular weight excluding hydrogens is 372 g/mol. The summed E-state index contributed by atoms with van der Waals surface area (Å²) in [6.45, 7) is 1.68. The van der Waals surface area contributed by atoms with Crippen LogP contribution < -0.4 is 5.48 Å². The molecule has 7 nitrogen and oxygen atoms in total. The molecule has 1 unspecified atom stereocenters. The number of carbonyl (C=O) groups is 1. The van der Waals surface area contributed by atoms with E-state index < -0.39 is 12.0 Å². The number of hydroxylamine groups is 1. The molecule has 0 radical (unpaired) electrons. The molecule has 2 aromatic carbocycles. The molecule has 0 aliphatic carbocycles. The predicted molar refractivity (Wildman–Crippen MR) is 108 cm³/mol. The van der Waals surface area contributed by atoms with Gasteiger partial charge in [-0.2, -0.15) is 0 Å². The SMILES string of the molecule is C[C@@H](C[C@H]1CC(c2ccc(-c3ccc(C(O)CCO)cc3)cc2)=NO1)C(=O)NO. The summed E-state index contributed by atoms with van der Waals surface area (Å²) in [5.74, 6) is -0.790. The lowest BCUT2D eigenvalue weighted by Crippen LogP contribution is -2.28. The van der Waals surface area contributed by atoms with E-state index in [1.54, 1.807) is 12.4 Å². The van der Waals surface area contributed by atoms with Gasteiger partial charge in [0.15, 0.2) is 0 Å². The van der Waals surface area contributed by atoms with E-state index in [2.05, 4.69) is 5.16 Å². The molecule has 3 atom stereocenters. The third kappa shape index (κ3) is 5.20. The molecule has 0 aromatic heterocycles. The second kappa shape index (κ2) is 9.65. The predicted octanol–water partition coefficient (Wildman–Crippen LogP) is 2.79. The quantitative estimate of drug-likeness (QED) is 0.404. The fourth-order valence-corrected chi connectivity index (χ4v) is 3.38. The van der Waals surface area contributed by atoms with Crippen LogP contribution in [0.15, 0.2) is 53.7 Å². The normalized spacial score (nSPS) is 17.9. The Labute approximate surface area is 169 Å². The number of carbonyl (C=O) groups excluding carboxylic acids is 1. The minimum Gasteiger partial charge on any atom is -0.396 e. The third-order valence-electron chi connectivity index (χ3n) is 5.16. The summed E-state index contributed by atoms with van der Waals surface area (Å²) in [5.41, 5.74) is 6.32. The zero-order chi connectivity index (χ0) is 20.8. The van der Waals surface area contributed by atoms with Gasteiger partial charge >= 0.3 is 0 Å². The number of hydrogen-bond acceptors (Lipinski definition) is 6. The van der Waals surface area contributed by atoms with Gasteiger partial charge in [0.2, 0.25) is 5.91 Å². The number of aliphatic hydroxyl groups is 2. The molecule has 0 spiro atoms. The summed E-state index contributed by atoms with van der Waals surface area (Å²) < 4.78 is 0. The largest absolute Gasteiger partial charge is 0.396 e. The fourth-order valence-electron chi connectivity index (χ4n) is 3.38. The van der Waals surface area contributed by atoms with Crippen LogP contribution in [0.4, 0.5) is 0 Å². The summed E-state index contributed by atoms with van der Waals surface area (Å²) in [6.07, 6.45) is 0.569. The molecule has 4 N–H and O–H groups in total. The first kappa shape index (κ1) is 21.0. The Balaban J connectivity index is 1.61. The van der Waals surface area contributed by atoms with Gasteiger partial charge in [-0.25, -0.2) is 5.48 Å². The van der Waals surface area contributed by atoms with Crippen molar-refractivity contribution in [3.05, 3.63) is 59.7 Å².